The molecule has 154 valence electrons. The van der Waals surface area contributed by atoms with Crippen LogP contribution in [-0.4, -0.2) is 40.9 Å². The highest BCUT2D eigenvalue weighted by Gasteiger charge is 2.35. The molecule has 3 heterocycles. The van der Waals surface area contributed by atoms with Crippen LogP contribution in [0.4, 0.5) is 10.5 Å². The number of aliphatic imine (C=N–C) groups is 1. The molecule has 0 spiro atoms. The van der Waals surface area contributed by atoms with Crippen molar-refractivity contribution in [3.63, 3.8) is 0 Å². The van der Waals surface area contributed by atoms with Crippen LogP contribution in [0.2, 0.25) is 0 Å². The van der Waals surface area contributed by atoms with E-state index in [1.54, 1.807) is 4.90 Å². The third-order valence-electron chi connectivity index (χ3n) is 4.77. The predicted molar refractivity (Wildman–Crippen MR) is 121 cm³/mol. The number of urea groups is 1. The van der Waals surface area contributed by atoms with Crippen LogP contribution in [0.1, 0.15) is 12.0 Å². The van der Waals surface area contributed by atoms with Gasteiger partial charge in [-0.05, 0) is 36.7 Å². The molecule has 1 fully saturated rings. The minimum Gasteiger partial charge on any atom is -0.370 e. The Morgan fingerprint density at radius 3 is 2.72 bits per heavy atom. The number of benzene rings is 1. The first-order valence-electron chi connectivity index (χ1n) is 9.48. The number of hydrogen-bond acceptors (Lipinski definition) is 6. The van der Waals surface area contributed by atoms with Gasteiger partial charge in [0, 0.05) is 35.6 Å². The van der Waals surface area contributed by atoms with E-state index in [-0.39, 0.29) is 18.2 Å². The van der Waals surface area contributed by atoms with E-state index in [0.29, 0.717) is 11.1 Å². The van der Waals surface area contributed by atoms with Crippen LogP contribution in [0.3, 0.4) is 0 Å². The van der Waals surface area contributed by atoms with Gasteiger partial charge in [-0.25, -0.2) is 4.79 Å². The lowest BCUT2D eigenvalue weighted by Gasteiger charge is -2.30. The summed E-state index contributed by atoms with van der Waals surface area (Å²) < 4.78 is 0.457. The molecule has 4 rings (SSSR count). The maximum atomic E-state index is 12.6. The number of carbonyl (C=O) groups is 1. The maximum Gasteiger partial charge on any atom is 0.327 e. The zero-order chi connectivity index (χ0) is 20.2. The first-order chi connectivity index (χ1) is 14.1. The van der Waals surface area contributed by atoms with Gasteiger partial charge >= 0.3 is 6.03 Å². The molecule has 1 atom stereocenters. The van der Waals surface area contributed by atoms with Crippen LogP contribution >= 0.6 is 23.5 Å². The third kappa shape index (κ3) is 4.82. The van der Waals surface area contributed by atoms with Gasteiger partial charge in [-0.3, -0.25) is 9.89 Å². The number of thioether (sulfide) groups is 2. The largest absolute Gasteiger partial charge is 0.370 e. The van der Waals surface area contributed by atoms with Crippen molar-refractivity contribution in [2.24, 2.45) is 16.5 Å². The van der Waals surface area contributed by atoms with Gasteiger partial charge in [0.15, 0.2) is 5.96 Å². The molecule has 2 amide bonds. The second-order valence-electron chi connectivity index (χ2n) is 6.91. The Kier molecular flexibility index (Phi) is 6.22. The van der Waals surface area contributed by atoms with Crippen molar-refractivity contribution in [1.82, 2.24) is 16.0 Å². The number of nitrogens with zero attached hydrogens (tertiary/aromatic N) is 2. The fourth-order valence-electron chi connectivity index (χ4n) is 3.25. The summed E-state index contributed by atoms with van der Waals surface area (Å²) in [6.45, 7) is 2.21. The van der Waals surface area contributed by atoms with Crippen LogP contribution < -0.4 is 32.3 Å². The Balaban J connectivity index is 1.33. The Hall–Kier alpha value is -2.30. The minimum atomic E-state index is -0.127. The van der Waals surface area contributed by atoms with Gasteiger partial charge in [0.1, 0.15) is 6.17 Å². The number of nitrogens with one attached hydrogen (secondary N) is 3. The first kappa shape index (κ1) is 20.0. The SMILES string of the molecule is NC(N)=NCCCNCc1ccc(N2C=C3C=C(C4SCS4)NC3NC2=O)cc1. The number of carbonyl (C=O) groups excluding carboxylic acids is 1. The monoisotopic (exact) mass is 431 g/mol. The summed E-state index contributed by atoms with van der Waals surface area (Å²) in [6.07, 6.45) is 4.83. The first-order valence-corrected chi connectivity index (χ1v) is 11.6. The van der Waals surface area contributed by atoms with E-state index in [1.807, 2.05) is 54.0 Å². The highest BCUT2D eigenvalue weighted by Crippen LogP contribution is 2.44. The van der Waals surface area contributed by atoms with Crippen molar-refractivity contribution in [3.05, 3.63) is 53.4 Å². The van der Waals surface area contributed by atoms with Crippen molar-refractivity contribution in [2.45, 2.75) is 23.7 Å². The highest BCUT2D eigenvalue weighted by molar-refractivity contribution is 8.32. The molecule has 1 unspecified atom stereocenters. The molecule has 3 aliphatic heterocycles. The Morgan fingerprint density at radius 2 is 2.03 bits per heavy atom. The molecule has 0 aromatic heterocycles. The number of rotatable bonds is 8. The highest BCUT2D eigenvalue weighted by atomic mass is 32.3. The quantitative estimate of drug-likeness (QED) is 0.240. The molecular weight excluding hydrogens is 406 g/mol. The van der Waals surface area contributed by atoms with Gasteiger partial charge < -0.3 is 27.4 Å². The third-order valence-corrected chi connectivity index (χ3v) is 7.79. The molecule has 7 N–H and O–H groups in total. The van der Waals surface area contributed by atoms with E-state index < -0.39 is 0 Å². The molecule has 29 heavy (non-hydrogen) atoms. The van der Waals surface area contributed by atoms with Crippen molar-refractivity contribution >= 4 is 41.2 Å². The molecule has 0 aliphatic carbocycles. The fourth-order valence-corrected chi connectivity index (χ4v) is 4.97. The van der Waals surface area contributed by atoms with Crippen LogP contribution in [0.15, 0.2) is 52.8 Å². The van der Waals surface area contributed by atoms with Crippen LogP contribution in [0.5, 0.6) is 0 Å². The van der Waals surface area contributed by atoms with E-state index in [0.717, 1.165) is 41.4 Å². The van der Waals surface area contributed by atoms with E-state index in [2.05, 4.69) is 27.0 Å². The van der Waals surface area contributed by atoms with E-state index >= 15 is 0 Å². The smallest absolute Gasteiger partial charge is 0.327 e. The van der Waals surface area contributed by atoms with Crippen molar-refractivity contribution in [2.75, 3.05) is 23.1 Å². The van der Waals surface area contributed by atoms with Crippen molar-refractivity contribution in [3.8, 4) is 0 Å². The number of amides is 2. The van der Waals surface area contributed by atoms with Crippen LogP contribution in [0.25, 0.3) is 0 Å². The fraction of sp³-hybridized carbons (Fsp3) is 0.368. The molecule has 3 aliphatic rings. The predicted octanol–water partition coefficient (Wildman–Crippen LogP) is 1.43. The summed E-state index contributed by atoms with van der Waals surface area (Å²) in [4.78, 5) is 18.2. The molecule has 10 heteroatoms. The summed E-state index contributed by atoms with van der Waals surface area (Å²) in [6, 6.07) is 7.88. The number of nitrogens with two attached hydrogens (primary N) is 2. The molecular formula is C19H25N7OS2. The van der Waals surface area contributed by atoms with Crippen LogP contribution in [0, 0.1) is 0 Å². The van der Waals surface area contributed by atoms with E-state index in [9.17, 15) is 4.79 Å². The molecule has 1 saturated heterocycles. The van der Waals surface area contributed by atoms with Gasteiger partial charge in [0.05, 0.1) is 10.3 Å². The molecule has 0 saturated carbocycles. The van der Waals surface area contributed by atoms with Gasteiger partial charge in [0.25, 0.3) is 0 Å². The van der Waals surface area contributed by atoms with Gasteiger partial charge in [0.2, 0.25) is 0 Å². The molecule has 8 nitrogen and oxygen atoms in total. The summed E-state index contributed by atoms with van der Waals surface area (Å²) in [5.74, 6) is 0.129. The second-order valence-corrected chi connectivity index (χ2v) is 9.76. The molecule has 1 aromatic rings. The molecule has 1 aromatic carbocycles. The zero-order valence-electron chi connectivity index (χ0n) is 15.9. The lowest BCUT2D eigenvalue weighted by Crippen LogP contribution is -2.52. The second kappa shape index (κ2) is 9.02. The van der Waals surface area contributed by atoms with E-state index in [1.165, 1.54) is 5.70 Å². The maximum absolute atomic E-state index is 12.6. The average Bonchev–Trinajstić information content (AvgIpc) is 3.04. The van der Waals surface area contributed by atoms with Crippen LogP contribution in [-0.2, 0) is 6.54 Å². The summed E-state index contributed by atoms with van der Waals surface area (Å²) in [5, 5.41) is 10.9. The van der Waals surface area contributed by atoms with Gasteiger partial charge in [-0.2, -0.15) is 0 Å². The van der Waals surface area contributed by atoms with E-state index in [4.69, 9.17) is 11.5 Å². The Labute approximate surface area is 178 Å². The number of fused-ring (bicyclic) bond motifs is 1. The standard InChI is InChI=1S/C19H25N7OS2/c20-18(21)23-7-1-6-22-9-12-2-4-14(5-3-12)26-10-13-8-15(17-28-11-29-17)24-16(13)25-19(26)27/h2-5,8,10,16-17,22,24H,1,6-7,9,11H2,(H,25,27)(H4,20,21,23). The molecule has 0 radical (unpaired) electrons. The molecule has 0 bridgehead atoms. The van der Waals surface area contributed by atoms with Gasteiger partial charge in [-0.1, -0.05) is 12.1 Å². The lowest BCUT2D eigenvalue weighted by molar-refractivity contribution is 0.243. The summed E-state index contributed by atoms with van der Waals surface area (Å²) >= 11 is 3.83. The topological polar surface area (TPSA) is 121 Å². The Morgan fingerprint density at radius 1 is 1.24 bits per heavy atom. The summed E-state index contributed by atoms with van der Waals surface area (Å²) in [7, 11) is 0. The Bertz CT molecular complexity index is 845. The average molecular weight is 432 g/mol. The zero-order valence-corrected chi connectivity index (χ0v) is 17.6. The van der Waals surface area contributed by atoms with Crippen molar-refractivity contribution < 1.29 is 4.79 Å². The number of guanidine groups is 1. The number of anilines is 1. The van der Waals surface area contributed by atoms with Crippen molar-refractivity contribution in [1.29, 1.82) is 0 Å². The normalized spacial score (nSPS) is 20.8. The summed E-state index contributed by atoms with van der Waals surface area (Å²) in [5.41, 5.74) is 14.9. The van der Waals surface area contributed by atoms with Gasteiger partial charge in [-0.15, -0.1) is 23.5 Å². The lowest BCUT2D eigenvalue weighted by atomic mass is 10.1. The number of hydrogen-bond donors (Lipinski definition) is 5. The minimum absolute atomic E-state index is 0.125.